The molecule has 0 bridgehead atoms. The molecule has 0 radical (unpaired) electrons. The number of nitrogens with zero attached hydrogens (tertiary/aromatic N) is 4. The summed E-state index contributed by atoms with van der Waals surface area (Å²) in [5, 5.41) is 38.5. The normalized spacial score (nSPS) is 19.8. The fourth-order valence-corrected chi connectivity index (χ4v) is 6.20. The van der Waals surface area contributed by atoms with E-state index in [0.29, 0.717) is 25.7 Å². The second kappa shape index (κ2) is 22.2. The van der Waals surface area contributed by atoms with Gasteiger partial charge >= 0.3 is 5.97 Å². The van der Waals surface area contributed by atoms with E-state index in [1.165, 1.54) is 16.7 Å². The molecule has 23 heteroatoms. The summed E-state index contributed by atoms with van der Waals surface area (Å²) >= 11 is 0. The van der Waals surface area contributed by atoms with Gasteiger partial charge in [0.1, 0.15) is 30.2 Å². The Morgan fingerprint density at radius 1 is 0.727 bits per heavy atom. The number of hydrogen-bond donors (Lipinski definition) is 12. The standard InChI is InChI=1S/C32H57N13O10/c1-16(33)24(48)41-19(8-4-12-39-32(36)37)28(52)45-14-6-10-22(45)29(53)44-13-5-9-21(44)27(51)40-18(7-3-11-38-31(34)35)25(49)42-20(15-46)26(50)43-23(17(2)47)30(54)55/h16-23,46-47H,3-15,33H2,1-2H3,(H,40,51)(H,41,48)(H,42,49)(H,43,50)(H,54,55)(H4,34,35,38)(H4,36,37,39)/t16-,17+,18-,19-,20-,21-,22-,23-/m0/s1. The van der Waals surface area contributed by atoms with Crippen LogP contribution in [0.1, 0.15) is 65.2 Å². The Hall–Kier alpha value is -5.29. The Bertz CT molecular complexity index is 1430. The molecule has 2 heterocycles. The highest BCUT2D eigenvalue weighted by Crippen LogP contribution is 2.26. The number of likely N-dealkylation sites (tertiary alicyclic amines) is 2. The van der Waals surface area contributed by atoms with Gasteiger partial charge in [0.15, 0.2) is 18.0 Å². The Balaban J connectivity index is 2.25. The van der Waals surface area contributed by atoms with Crippen LogP contribution in [0.4, 0.5) is 0 Å². The molecule has 0 aliphatic carbocycles. The number of aliphatic imine (C=N–C) groups is 2. The van der Waals surface area contributed by atoms with Crippen molar-refractivity contribution in [2.45, 2.75) is 114 Å². The first-order valence-electron chi connectivity index (χ1n) is 18.1. The second-order valence-electron chi connectivity index (χ2n) is 13.5. The van der Waals surface area contributed by atoms with Crippen LogP contribution in [0.5, 0.6) is 0 Å². The van der Waals surface area contributed by atoms with Crippen molar-refractivity contribution in [3.8, 4) is 0 Å². The van der Waals surface area contributed by atoms with Crippen LogP contribution in [0, 0.1) is 0 Å². The van der Waals surface area contributed by atoms with Gasteiger partial charge in [-0.2, -0.15) is 0 Å². The van der Waals surface area contributed by atoms with E-state index in [9.17, 15) is 48.9 Å². The van der Waals surface area contributed by atoms with E-state index < -0.39 is 96.4 Å². The summed E-state index contributed by atoms with van der Waals surface area (Å²) in [6.45, 7) is 2.31. The van der Waals surface area contributed by atoms with E-state index in [2.05, 4.69) is 25.9 Å². The van der Waals surface area contributed by atoms with Crippen molar-refractivity contribution in [1.82, 2.24) is 31.1 Å². The third-order valence-electron chi connectivity index (χ3n) is 9.07. The molecule has 2 saturated heterocycles. The number of nitrogens with two attached hydrogens (primary N) is 5. The maximum Gasteiger partial charge on any atom is 0.328 e. The summed E-state index contributed by atoms with van der Waals surface area (Å²) in [6, 6.07) is -8.63. The molecule has 2 fully saturated rings. The van der Waals surface area contributed by atoms with Crippen LogP contribution in [-0.4, -0.2) is 160 Å². The van der Waals surface area contributed by atoms with Gasteiger partial charge < -0.3 is 75.1 Å². The number of aliphatic hydroxyl groups is 2. The molecule has 0 aromatic heterocycles. The summed E-state index contributed by atoms with van der Waals surface area (Å²) in [7, 11) is 0. The number of carboxylic acid groups (broad SMARTS) is 1. The van der Waals surface area contributed by atoms with E-state index in [1.54, 1.807) is 0 Å². The van der Waals surface area contributed by atoms with E-state index >= 15 is 0 Å². The fourth-order valence-electron chi connectivity index (χ4n) is 6.20. The van der Waals surface area contributed by atoms with Crippen LogP contribution in [0.3, 0.4) is 0 Å². The number of carbonyl (C=O) groups is 7. The molecule has 310 valence electrons. The number of guanidine groups is 2. The predicted octanol–water partition coefficient (Wildman–Crippen LogP) is -6.18. The van der Waals surface area contributed by atoms with Gasteiger partial charge in [0.25, 0.3) is 0 Å². The molecule has 2 rings (SSSR count). The molecule has 0 unspecified atom stereocenters. The van der Waals surface area contributed by atoms with Gasteiger partial charge in [-0.1, -0.05) is 0 Å². The quantitative estimate of drug-likeness (QED) is 0.0293. The largest absolute Gasteiger partial charge is 0.480 e. The lowest BCUT2D eigenvalue weighted by Crippen LogP contribution is -2.60. The fraction of sp³-hybridized carbons (Fsp3) is 0.719. The van der Waals surface area contributed by atoms with Crippen molar-refractivity contribution in [2.24, 2.45) is 38.7 Å². The van der Waals surface area contributed by atoms with E-state index in [4.69, 9.17) is 28.7 Å². The first-order valence-corrected chi connectivity index (χ1v) is 18.1. The molecule has 0 spiro atoms. The lowest BCUT2D eigenvalue weighted by atomic mass is 10.1. The Morgan fingerprint density at radius 3 is 1.75 bits per heavy atom. The first kappa shape index (κ1) is 45.9. The number of amides is 6. The molecule has 8 atom stereocenters. The monoisotopic (exact) mass is 783 g/mol. The van der Waals surface area contributed by atoms with Crippen LogP contribution in [0.25, 0.3) is 0 Å². The third-order valence-corrected chi connectivity index (χ3v) is 9.07. The van der Waals surface area contributed by atoms with Crippen LogP contribution in [0.2, 0.25) is 0 Å². The van der Waals surface area contributed by atoms with Gasteiger partial charge in [-0.05, 0) is 65.2 Å². The topological polar surface area (TPSA) is 390 Å². The number of aliphatic carboxylic acids is 1. The number of rotatable bonds is 21. The third kappa shape index (κ3) is 14.1. The minimum atomic E-state index is -1.74. The van der Waals surface area contributed by atoms with Gasteiger partial charge in [-0.25, -0.2) is 4.79 Å². The Kier molecular flexibility index (Phi) is 18.5. The van der Waals surface area contributed by atoms with Crippen LogP contribution >= 0.6 is 0 Å². The molecular weight excluding hydrogens is 726 g/mol. The minimum Gasteiger partial charge on any atom is -0.480 e. The summed E-state index contributed by atoms with van der Waals surface area (Å²) in [4.78, 5) is 102. The Morgan fingerprint density at radius 2 is 1.24 bits per heavy atom. The lowest BCUT2D eigenvalue weighted by molar-refractivity contribution is -0.148. The number of hydrogen-bond acceptors (Lipinski definition) is 12. The number of aliphatic hydroxyl groups excluding tert-OH is 2. The van der Waals surface area contributed by atoms with Crippen molar-refractivity contribution in [3.63, 3.8) is 0 Å². The molecule has 55 heavy (non-hydrogen) atoms. The van der Waals surface area contributed by atoms with Crippen LogP contribution in [-0.2, 0) is 33.6 Å². The zero-order valence-electron chi connectivity index (χ0n) is 31.2. The summed E-state index contributed by atoms with van der Waals surface area (Å²) in [5.74, 6) is -6.16. The lowest BCUT2D eigenvalue weighted by Gasteiger charge is -2.33. The zero-order valence-corrected chi connectivity index (χ0v) is 31.2. The van der Waals surface area contributed by atoms with Gasteiger partial charge in [0.05, 0.1) is 18.8 Å². The average molecular weight is 784 g/mol. The van der Waals surface area contributed by atoms with E-state index in [1.807, 2.05) is 5.32 Å². The number of carboxylic acids is 1. The van der Waals surface area contributed by atoms with E-state index in [-0.39, 0.29) is 63.8 Å². The van der Waals surface area contributed by atoms with Gasteiger partial charge in [-0.15, -0.1) is 0 Å². The SMILES string of the molecule is C[C@H](N)C(=O)N[C@@H](CCCN=C(N)N)C(=O)N1CCC[C@H]1C(=O)N1CCC[C@H]1C(=O)N[C@@H](CCCN=C(N)N)C(=O)N[C@@H](CO)C(=O)N[C@H](C(=O)O)[C@@H](C)O. The summed E-state index contributed by atoms with van der Waals surface area (Å²) in [6.07, 6.45) is 0.565. The molecule has 23 nitrogen and oxygen atoms in total. The molecule has 0 aromatic rings. The molecule has 2 aliphatic heterocycles. The first-order chi connectivity index (χ1) is 25.9. The molecule has 6 amide bonds. The highest BCUT2D eigenvalue weighted by Gasteiger charge is 2.44. The second-order valence-corrected chi connectivity index (χ2v) is 13.5. The van der Waals surface area contributed by atoms with Gasteiger partial charge in [-0.3, -0.25) is 38.8 Å². The molecule has 0 saturated carbocycles. The van der Waals surface area contributed by atoms with Crippen molar-refractivity contribution in [2.75, 3.05) is 32.8 Å². The van der Waals surface area contributed by atoms with Gasteiger partial charge in [0.2, 0.25) is 35.4 Å². The van der Waals surface area contributed by atoms with Crippen molar-refractivity contribution in [3.05, 3.63) is 0 Å². The van der Waals surface area contributed by atoms with Crippen LogP contribution in [0.15, 0.2) is 9.98 Å². The van der Waals surface area contributed by atoms with Crippen molar-refractivity contribution in [1.29, 1.82) is 0 Å². The minimum absolute atomic E-state index is 0.0528. The van der Waals surface area contributed by atoms with Crippen LogP contribution < -0.4 is 49.9 Å². The maximum absolute atomic E-state index is 14.1. The molecular formula is C32H57N13O10. The van der Waals surface area contributed by atoms with E-state index in [0.717, 1.165) is 6.92 Å². The summed E-state index contributed by atoms with van der Waals surface area (Å²) < 4.78 is 0. The molecule has 17 N–H and O–H groups in total. The summed E-state index contributed by atoms with van der Waals surface area (Å²) in [5.41, 5.74) is 27.3. The predicted molar refractivity (Wildman–Crippen MR) is 197 cm³/mol. The van der Waals surface area contributed by atoms with Gasteiger partial charge in [0, 0.05) is 26.2 Å². The maximum atomic E-state index is 14.1. The van der Waals surface area contributed by atoms with Crippen molar-refractivity contribution < 1.29 is 48.9 Å². The smallest absolute Gasteiger partial charge is 0.328 e. The molecule has 2 aliphatic rings. The highest BCUT2D eigenvalue weighted by molar-refractivity contribution is 5.97. The highest BCUT2D eigenvalue weighted by atomic mass is 16.4. The average Bonchev–Trinajstić information content (AvgIpc) is 3.81. The van der Waals surface area contributed by atoms with Crippen molar-refractivity contribution >= 4 is 53.3 Å². The molecule has 0 aromatic carbocycles. The Labute approximate surface area is 318 Å². The number of carbonyl (C=O) groups excluding carboxylic acids is 6. The zero-order chi connectivity index (χ0) is 41.4. The number of nitrogens with one attached hydrogen (secondary N) is 4.